The van der Waals surface area contributed by atoms with Crippen LogP contribution in [0.4, 0.5) is 5.69 Å². The van der Waals surface area contributed by atoms with Gasteiger partial charge < -0.3 is 5.43 Å². The first-order valence-electron chi connectivity index (χ1n) is 2.41. The van der Waals surface area contributed by atoms with Gasteiger partial charge in [0.1, 0.15) is 5.15 Å². The molecule has 0 amide bonds. The summed E-state index contributed by atoms with van der Waals surface area (Å²) in [5, 5.41) is 0.467. The normalized spacial score (nSPS) is 8.20. The molecule has 0 aliphatic carbocycles. The highest BCUT2D eigenvalue weighted by Gasteiger charge is 1.87. The Morgan fingerprint density at radius 2 is 2.20 bits per heavy atom. The van der Waals surface area contributed by atoms with Gasteiger partial charge in [0.15, 0.2) is 0 Å². The van der Waals surface area contributed by atoms with E-state index >= 15 is 0 Å². The number of anilines is 1. The van der Waals surface area contributed by atoms with Gasteiger partial charge in [-0.25, -0.2) is 4.98 Å². The lowest BCUT2D eigenvalue weighted by atomic mass is 10.4. The van der Waals surface area contributed by atoms with Gasteiger partial charge in [-0.05, 0) is 12.1 Å². The summed E-state index contributed by atoms with van der Waals surface area (Å²) in [6.45, 7) is 0. The van der Waals surface area contributed by atoms with Crippen LogP contribution in [-0.2, 0) is 0 Å². The zero-order valence-electron chi connectivity index (χ0n) is 5.04. The fourth-order valence-corrected chi connectivity index (χ4v) is 0.573. The molecule has 0 aliphatic rings. The molecule has 56 valence electrons. The number of aromatic nitrogens is 1. The monoisotopic (exact) mass is 179 g/mol. The number of nitrogens with two attached hydrogens (primary N) is 1. The Labute approximate surface area is 70.0 Å². The third kappa shape index (κ3) is 2.39. The molecule has 0 spiro atoms. The Kier molecular flexibility index (Phi) is 4.11. The number of nitrogen functional groups attached to an aromatic ring is 1. The van der Waals surface area contributed by atoms with E-state index in [-0.39, 0.29) is 12.4 Å². The summed E-state index contributed by atoms with van der Waals surface area (Å²) < 4.78 is 0. The third-order valence-electron chi connectivity index (χ3n) is 0.894. The number of hydrazine groups is 1. The van der Waals surface area contributed by atoms with Crippen molar-refractivity contribution in [2.45, 2.75) is 0 Å². The molecule has 1 rings (SSSR count). The van der Waals surface area contributed by atoms with Gasteiger partial charge in [0, 0.05) is 0 Å². The SMILES string of the molecule is Cl.NNc1ccc(Cl)nc1. The topological polar surface area (TPSA) is 50.9 Å². The van der Waals surface area contributed by atoms with Crippen molar-refractivity contribution in [2.24, 2.45) is 5.84 Å². The van der Waals surface area contributed by atoms with Crippen LogP contribution in [0.5, 0.6) is 0 Å². The Morgan fingerprint density at radius 3 is 2.60 bits per heavy atom. The number of hydrogen-bond donors (Lipinski definition) is 2. The molecule has 0 unspecified atom stereocenters. The minimum absolute atomic E-state index is 0. The first-order valence-corrected chi connectivity index (χ1v) is 2.79. The molecule has 3 nitrogen and oxygen atoms in total. The first-order chi connectivity index (χ1) is 4.33. The molecule has 1 aromatic heterocycles. The van der Waals surface area contributed by atoms with E-state index in [1.54, 1.807) is 18.3 Å². The smallest absolute Gasteiger partial charge is 0.129 e. The van der Waals surface area contributed by atoms with E-state index < -0.39 is 0 Å². The van der Waals surface area contributed by atoms with Crippen LogP contribution >= 0.6 is 24.0 Å². The molecule has 0 saturated carbocycles. The minimum atomic E-state index is 0. The molecule has 0 atom stereocenters. The zero-order valence-corrected chi connectivity index (χ0v) is 6.62. The molecule has 0 fully saturated rings. The minimum Gasteiger partial charge on any atom is -0.323 e. The molecule has 10 heavy (non-hydrogen) atoms. The maximum Gasteiger partial charge on any atom is 0.129 e. The predicted molar refractivity (Wildman–Crippen MR) is 44.3 cm³/mol. The van der Waals surface area contributed by atoms with Crippen molar-refractivity contribution in [3.63, 3.8) is 0 Å². The van der Waals surface area contributed by atoms with Gasteiger partial charge in [-0.3, -0.25) is 5.84 Å². The van der Waals surface area contributed by atoms with Gasteiger partial charge >= 0.3 is 0 Å². The van der Waals surface area contributed by atoms with Crippen molar-refractivity contribution in [3.05, 3.63) is 23.5 Å². The number of pyridine rings is 1. The highest BCUT2D eigenvalue weighted by molar-refractivity contribution is 6.29. The van der Waals surface area contributed by atoms with E-state index in [0.717, 1.165) is 5.69 Å². The van der Waals surface area contributed by atoms with E-state index in [9.17, 15) is 0 Å². The van der Waals surface area contributed by atoms with E-state index in [1.165, 1.54) is 0 Å². The quantitative estimate of drug-likeness (QED) is 0.390. The maximum atomic E-state index is 5.49. The number of halogens is 2. The Balaban J connectivity index is 0.000000810. The van der Waals surface area contributed by atoms with Gasteiger partial charge in [-0.1, -0.05) is 11.6 Å². The van der Waals surface area contributed by atoms with Gasteiger partial charge in [-0.2, -0.15) is 0 Å². The molecule has 0 aliphatic heterocycles. The summed E-state index contributed by atoms with van der Waals surface area (Å²) in [6.07, 6.45) is 1.56. The second-order valence-corrected chi connectivity index (χ2v) is 1.90. The highest BCUT2D eigenvalue weighted by Crippen LogP contribution is 2.07. The zero-order chi connectivity index (χ0) is 6.69. The van der Waals surface area contributed by atoms with E-state index in [1.807, 2.05) is 0 Å². The summed E-state index contributed by atoms with van der Waals surface area (Å²) in [7, 11) is 0. The summed E-state index contributed by atoms with van der Waals surface area (Å²) in [5.74, 6) is 5.07. The van der Waals surface area contributed by atoms with Crippen LogP contribution in [0.3, 0.4) is 0 Å². The van der Waals surface area contributed by atoms with Crippen molar-refractivity contribution in [2.75, 3.05) is 5.43 Å². The van der Waals surface area contributed by atoms with Crippen molar-refractivity contribution < 1.29 is 0 Å². The molecule has 0 saturated heterocycles. The first kappa shape index (κ1) is 9.49. The lowest BCUT2D eigenvalue weighted by molar-refractivity contribution is 1.27. The molecule has 1 heterocycles. The fraction of sp³-hybridized carbons (Fsp3) is 0. The molecular weight excluding hydrogens is 173 g/mol. The van der Waals surface area contributed by atoms with Crippen LogP contribution in [0.15, 0.2) is 18.3 Å². The van der Waals surface area contributed by atoms with Gasteiger partial charge in [0.25, 0.3) is 0 Å². The third-order valence-corrected chi connectivity index (χ3v) is 1.12. The Morgan fingerprint density at radius 1 is 1.50 bits per heavy atom. The molecule has 1 aromatic rings. The van der Waals surface area contributed by atoms with Crippen molar-refractivity contribution in [3.8, 4) is 0 Å². The van der Waals surface area contributed by atoms with Crippen LogP contribution < -0.4 is 11.3 Å². The highest BCUT2D eigenvalue weighted by atomic mass is 35.5. The number of nitrogens with one attached hydrogen (secondary N) is 1. The van der Waals surface area contributed by atoms with E-state index in [0.29, 0.717) is 5.15 Å². The molecule has 0 bridgehead atoms. The lowest BCUT2D eigenvalue weighted by Gasteiger charge is -1.95. The van der Waals surface area contributed by atoms with Crippen LogP contribution in [-0.4, -0.2) is 4.98 Å². The molecular formula is C5H7Cl2N3. The predicted octanol–water partition coefficient (Wildman–Crippen LogP) is 1.44. The van der Waals surface area contributed by atoms with Gasteiger partial charge in [-0.15, -0.1) is 12.4 Å². The number of hydrogen-bond acceptors (Lipinski definition) is 3. The summed E-state index contributed by atoms with van der Waals surface area (Å²) >= 11 is 5.49. The number of rotatable bonds is 1. The van der Waals surface area contributed by atoms with Crippen molar-refractivity contribution >= 4 is 29.7 Å². The second kappa shape index (κ2) is 4.33. The summed E-state index contributed by atoms with van der Waals surface area (Å²) in [6, 6.07) is 3.41. The van der Waals surface area contributed by atoms with E-state index in [4.69, 9.17) is 17.4 Å². The second-order valence-electron chi connectivity index (χ2n) is 1.51. The standard InChI is InChI=1S/C5H6ClN3.ClH/c6-5-2-1-4(9-7)3-8-5;/h1-3,9H,7H2;1H. The van der Waals surface area contributed by atoms with Gasteiger partial charge in [0.05, 0.1) is 11.9 Å². The molecule has 0 radical (unpaired) electrons. The van der Waals surface area contributed by atoms with Crippen LogP contribution in [0, 0.1) is 0 Å². The Hall–Kier alpha value is -0.510. The largest absolute Gasteiger partial charge is 0.323 e. The van der Waals surface area contributed by atoms with Crippen LogP contribution in [0.1, 0.15) is 0 Å². The lowest BCUT2D eigenvalue weighted by Crippen LogP contribution is -2.06. The molecule has 3 N–H and O–H groups in total. The molecule has 0 aromatic carbocycles. The maximum absolute atomic E-state index is 5.49. The van der Waals surface area contributed by atoms with Crippen molar-refractivity contribution in [1.82, 2.24) is 4.98 Å². The summed E-state index contributed by atoms with van der Waals surface area (Å²) in [4.78, 5) is 3.77. The average molecular weight is 180 g/mol. The van der Waals surface area contributed by atoms with Crippen LogP contribution in [0.2, 0.25) is 5.15 Å². The Bertz CT molecular complexity index is 187. The molecule has 5 heteroatoms. The number of nitrogens with zero attached hydrogens (tertiary/aromatic N) is 1. The van der Waals surface area contributed by atoms with E-state index in [2.05, 4.69) is 10.4 Å². The fourth-order valence-electron chi connectivity index (χ4n) is 0.461. The van der Waals surface area contributed by atoms with Gasteiger partial charge in [0.2, 0.25) is 0 Å². The average Bonchev–Trinajstić information content (AvgIpc) is 1.90. The van der Waals surface area contributed by atoms with Crippen molar-refractivity contribution in [1.29, 1.82) is 0 Å². The summed E-state index contributed by atoms with van der Waals surface area (Å²) in [5.41, 5.74) is 3.18. The van der Waals surface area contributed by atoms with Crippen LogP contribution in [0.25, 0.3) is 0 Å².